The Kier molecular flexibility index (Phi) is 3.44. The van der Waals surface area contributed by atoms with Crippen molar-refractivity contribution >= 4 is 11.3 Å². The lowest BCUT2D eigenvalue weighted by Crippen LogP contribution is -2.30. The van der Waals surface area contributed by atoms with E-state index in [-0.39, 0.29) is 6.04 Å². The zero-order chi connectivity index (χ0) is 13.2. The molecule has 4 heteroatoms. The lowest BCUT2D eigenvalue weighted by Gasteiger charge is -2.27. The fraction of sp³-hybridized carbons (Fsp3) is 0.333. The molecule has 0 aliphatic carbocycles. The maximum atomic E-state index is 5.42. The molecule has 1 atom stereocenters. The number of methoxy groups -OCH3 is 2. The second-order valence-electron chi connectivity index (χ2n) is 4.56. The van der Waals surface area contributed by atoms with Crippen LogP contribution in [0.3, 0.4) is 0 Å². The van der Waals surface area contributed by atoms with Crippen molar-refractivity contribution in [2.75, 3.05) is 20.8 Å². The first kappa shape index (κ1) is 12.5. The van der Waals surface area contributed by atoms with Crippen molar-refractivity contribution in [2.45, 2.75) is 12.5 Å². The van der Waals surface area contributed by atoms with Gasteiger partial charge >= 0.3 is 0 Å². The van der Waals surface area contributed by atoms with Gasteiger partial charge in [0.15, 0.2) is 11.5 Å². The van der Waals surface area contributed by atoms with Crippen LogP contribution in [-0.4, -0.2) is 20.8 Å². The average molecular weight is 275 g/mol. The van der Waals surface area contributed by atoms with Crippen molar-refractivity contribution in [2.24, 2.45) is 0 Å². The Balaban J connectivity index is 2.08. The Morgan fingerprint density at radius 3 is 2.68 bits per heavy atom. The fourth-order valence-corrected chi connectivity index (χ4v) is 3.41. The van der Waals surface area contributed by atoms with Crippen LogP contribution < -0.4 is 14.8 Å². The van der Waals surface area contributed by atoms with E-state index in [2.05, 4.69) is 35.0 Å². The molecule has 0 spiro atoms. The minimum absolute atomic E-state index is 0.267. The van der Waals surface area contributed by atoms with Crippen LogP contribution in [0.1, 0.15) is 22.0 Å². The molecule has 2 aromatic rings. The van der Waals surface area contributed by atoms with Gasteiger partial charge < -0.3 is 14.8 Å². The Labute approximate surface area is 117 Å². The van der Waals surface area contributed by atoms with Crippen LogP contribution in [0.15, 0.2) is 29.6 Å². The SMILES string of the molecule is COc1cc2c(cc1OC)[C@H](c1cccs1)NCC2. The minimum Gasteiger partial charge on any atom is -0.493 e. The summed E-state index contributed by atoms with van der Waals surface area (Å²) in [5, 5.41) is 5.70. The molecule has 3 rings (SSSR count). The normalized spacial score (nSPS) is 17.9. The lowest BCUT2D eigenvalue weighted by molar-refractivity contribution is 0.353. The number of fused-ring (bicyclic) bond motifs is 1. The van der Waals surface area contributed by atoms with Crippen molar-refractivity contribution < 1.29 is 9.47 Å². The smallest absolute Gasteiger partial charge is 0.161 e. The summed E-state index contributed by atoms with van der Waals surface area (Å²) in [6.45, 7) is 0.991. The molecule has 0 saturated heterocycles. The molecule has 0 unspecified atom stereocenters. The molecule has 1 aromatic heterocycles. The van der Waals surface area contributed by atoms with E-state index >= 15 is 0 Å². The Morgan fingerprint density at radius 1 is 1.21 bits per heavy atom. The van der Waals surface area contributed by atoms with Crippen molar-refractivity contribution in [1.82, 2.24) is 5.32 Å². The van der Waals surface area contributed by atoms with Gasteiger partial charge in [-0.05, 0) is 41.1 Å². The van der Waals surface area contributed by atoms with E-state index < -0.39 is 0 Å². The fourth-order valence-electron chi connectivity index (χ4n) is 2.59. The van der Waals surface area contributed by atoms with Crippen LogP contribution in [0.2, 0.25) is 0 Å². The predicted molar refractivity (Wildman–Crippen MR) is 77.4 cm³/mol. The van der Waals surface area contributed by atoms with Crippen molar-refractivity contribution in [1.29, 1.82) is 0 Å². The third-order valence-electron chi connectivity index (χ3n) is 3.53. The van der Waals surface area contributed by atoms with Crippen molar-refractivity contribution in [3.8, 4) is 11.5 Å². The Bertz CT molecular complexity index is 566. The van der Waals surface area contributed by atoms with Gasteiger partial charge in [-0.3, -0.25) is 0 Å². The third-order valence-corrected chi connectivity index (χ3v) is 4.46. The lowest BCUT2D eigenvalue weighted by atomic mass is 9.93. The summed E-state index contributed by atoms with van der Waals surface area (Å²) in [7, 11) is 3.36. The van der Waals surface area contributed by atoms with Gasteiger partial charge in [-0.1, -0.05) is 6.07 Å². The summed E-state index contributed by atoms with van der Waals surface area (Å²) in [4.78, 5) is 1.34. The van der Waals surface area contributed by atoms with Crippen LogP contribution >= 0.6 is 11.3 Å². The van der Waals surface area contributed by atoms with Gasteiger partial charge in [-0.2, -0.15) is 0 Å². The summed E-state index contributed by atoms with van der Waals surface area (Å²) >= 11 is 1.78. The maximum absolute atomic E-state index is 5.42. The first-order valence-corrected chi connectivity index (χ1v) is 7.23. The molecule has 1 N–H and O–H groups in total. The van der Waals surface area contributed by atoms with Gasteiger partial charge in [0.05, 0.1) is 20.3 Å². The number of hydrogen-bond donors (Lipinski definition) is 1. The van der Waals surface area contributed by atoms with Crippen LogP contribution in [-0.2, 0) is 6.42 Å². The average Bonchev–Trinajstić information content (AvgIpc) is 2.99. The maximum Gasteiger partial charge on any atom is 0.161 e. The number of nitrogens with one attached hydrogen (secondary N) is 1. The van der Waals surface area contributed by atoms with Gasteiger partial charge in [0.2, 0.25) is 0 Å². The predicted octanol–water partition coefficient (Wildman–Crippen LogP) is 3.00. The van der Waals surface area contributed by atoms with E-state index in [1.165, 1.54) is 16.0 Å². The number of thiophene rings is 1. The monoisotopic (exact) mass is 275 g/mol. The van der Waals surface area contributed by atoms with Crippen LogP contribution in [0.4, 0.5) is 0 Å². The van der Waals surface area contributed by atoms with E-state index in [9.17, 15) is 0 Å². The molecule has 1 aliphatic heterocycles. The van der Waals surface area contributed by atoms with Gasteiger partial charge in [-0.25, -0.2) is 0 Å². The molecule has 0 saturated carbocycles. The quantitative estimate of drug-likeness (QED) is 0.934. The van der Waals surface area contributed by atoms with Crippen molar-refractivity contribution in [3.63, 3.8) is 0 Å². The summed E-state index contributed by atoms with van der Waals surface area (Å²) in [6.07, 6.45) is 1.03. The number of benzene rings is 1. The molecule has 0 radical (unpaired) electrons. The highest BCUT2D eigenvalue weighted by molar-refractivity contribution is 7.10. The summed E-state index contributed by atoms with van der Waals surface area (Å²) < 4.78 is 10.8. The van der Waals surface area contributed by atoms with Crippen LogP contribution in [0, 0.1) is 0 Å². The van der Waals surface area contributed by atoms with Gasteiger partial charge in [-0.15, -0.1) is 11.3 Å². The minimum atomic E-state index is 0.267. The molecule has 0 fully saturated rings. The second-order valence-corrected chi connectivity index (χ2v) is 5.54. The van der Waals surface area contributed by atoms with E-state index in [1.54, 1.807) is 25.6 Å². The van der Waals surface area contributed by atoms with Gasteiger partial charge in [0, 0.05) is 11.4 Å². The van der Waals surface area contributed by atoms with E-state index in [1.807, 2.05) is 0 Å². The second kappa shape index (κ2) is 5.23. The first-order valence-electron chi connectivity index (χ1n) is 6.35. The van der Waals surface area contributed by atoms with Crippen molar-refractivity contribution in [3.05, 3.63) is 45.6 Å². The molecular formula is C15H17NO2S. The van der Waals surface area contributed by atoms with E-state index in [0.717, 1.165) is 24.5 Å². The molecule has 2 heterocycles. The third kappa shape index (κ3) is 2.22. The largest absolute Gasteiger partial charge is 0.493 e. The van der Waals surface area contributed by atoms with E-state index in [0.29, 0.717) is 0 Å². The number of rotatable bonds is 3. The summed E-state index contributed by atoms with van der Waals surface area (Å²) in [6, 6.07) is 8.74. The molecular weight excluding hydrogens is 258 g/mol. The van der Waals surface area contributed by atoms with Gasteiger partial charge in [0.25, 0.3) is 0 Å². The van der Waals surface area contributed by atoms with E-state index in [4.69, 9.17) is 9.47 Å². The highest BCUT2D eigenvalue weighted by Crippen LogP contribution is 2.38. The Morgan fingerprint density at radius 2 is 2.00 bits per heavy atom. The molecule has 3 nitrogen and oxygen atoms in total. The summed E-state index contributed by atoms with van der Waals surface area (Å²) in [5.74, 6) is 1.61. The van der Waals surface area contributed by atoms with Gasteiger partial charge in [0.1, 0.15) is 0 Å². The molecule has 19 heavy (non-hydrogen) atoms. The molecule has 1 aromatic carbocycles. The zero-order valence-electron chi connectivity index (χ0n) is 11.1. The molecule has 0 amide bonds. The standard InChI is InChI=1S/C15H17NO2S/c1-17-12-8-10-5-6-16-15(14-4-3-7-19-14)11(10)9-13(12)18-2/h3-4,7-9,15-16H,5-6H2,1-2H3/t15-/m1/s1. The topological polar surface area (TPSA) is 30.5 Å². The molecule has 1 aliphatic rings. The molecule has 0 bridgehead atoms. The number of hydrogen-bond acceptors (Lipinski definition) is 4. The van der Waals surface area contributed by atoms with Crippen LogP contribution in [0.25, 0.3) is 0 Å². The summed E-state index contributed by atoms with van der Waals surface area (Å²) in [5.41, 5.74) is 2.64. The van der Waals surface area contributed by atoms with Crippen LogP contribution in [0.5, 0.6) is 11.5 Å². The highest BCUT2D eigenvalue weighted by Gasteiger charge is 2.24. The highest BCUT2D eigenvalue weighted by atomic mass is 32.1. The first-order chi connectivity index (χ1) is 9.33. The zero-order valence-corrected chi connectivity index (χ0v) is 11.9. The Hall–Kier alpha value is -1.52. The number of ether oxygens (including phenoxy) is 2. The molecule has 100 valence electrons.